The summed E-state index contributed by atoms with van der Waals surface area (Å²) in [6, 6.07) is 16.5. The van der Waals surface area contributed by atoms with Crippen LogP contribution in [0.1, 0.15) is 30.4 Å². The molecule has 4 aromatic rings. The first-order valence-electron chi connectivity index (χ1n) is 13.4. The molecule has 1 atom stereocenters. The van der Waals surface area contributed by atoms with Crippen molar-refractivity contribution in [2.24, 2.45) is 5.92 Å². The topological polar surface area (TPSA) is 109 Å². The SMILES string of the molecule is O=C(NCc1ccc(Cl)cc1)[C@@H](CC1CCNCC1)Nc1cc(-n2ccnc2)nc(NCc2cccc(Cl)c2)n1. The third kappa shape index (κ3) is 7.94. The van der Waals surface area contributed by atoms with E-state index in [-0.39, 0.29) is 5.91 Å². The molecule has 1 aliphatic rings. The summed E-state index contributed by atoms with van der Waals surface area (Å²) in [6.45, 7) is 2.82. The van der Waals surface area contributed by atoms with Gasteiger partial charge in [0.1, 0.15) is 24.0 Å². The second-order valence-corrected chi connectivity index (χ2v) is 10.7. The summed E-state index contributed by atoms with van der Waals surface area (Å²) in [4.78, 5) is 27.0. The lowest BCUT2D eigenvalue weighted by Crippen LogP contribution is -2.42. The van der Waals surface area contributed by atoms with Gasteiger partial charge in [-0.25, -0.2) is 4.98 Å². The van der Waals surface area contributed by atoms with Crippen LogP contribution in [0.25, 0.3) is 5.82 Å². The van der Waals surface area contributed by atoms with Gasteiger partial charge in [-0.1, -0.05) is 47.5 Å². The number of hydrogen-bond acceptors (Lipinski definition) is 7. The minimum absolute atomic E-state index is 0.0790. The second kappa shape index (κ2) is 13.6. The molecule has 1 aliphatic heterocycles. The van der Waals surface area contributed by atoms with Gasteiger partial charge in [0.2, 0.25) is 11.9 Å². The largest absolute Gasteiger partial charge is 0.358 e. The fourth-order valence-corrected chi connectivity index (χ4v) is 5.06. The fourth-order valence-electron chi connectivity index (χ4n) is 4.72. The van der Waals surface area contributed by atoms with Crippen LogP contribution >= 0.6 is 23.2 Å². The van der Waals surface area contributed by atoms with Crippen molar-refractivity contribution >= 4 is 40.9 Å². The van der Waals surface area contributed by atoms with E-state index in [4.69, 9.17) is 28.2 Å². The smallest absolute Gasteiger partial charge is 0.242 e. The van der Waals surface area contributed by atoms with Crippen LogP contribution in [0.3, 0.4) is 0 Å². The van der Waals surface area contributed by atoms with Crippen molar-refractivity contribution in [3.63, 3.8) is 0 Å². The molecular formula is C29H32Cl2N8O. The van der Waals surface area contributed by atoms with E-state index < -0.39 is 6.04 Å². The van der Waals surface area contributed by atoms with Crippen LogP contribution in [-0.2, 0) is 17.9 Å². The standard InChI is InChI=1S/C29H32Cl2N8O/c30-23-6-4-21(5-7-23)17-34-28(40)25(15-20-8-10-32-11-9-20)36-26-16-27(39-13-12-33-19-39)38-29(37-26)35-18-22-2-1-3-24(31)14-22/h1-7,12-14,16,19-20,25,32H,8-11,15,17-18H2,(H,34,40)(H2,35,36,37,38)/t25-/m1/s1. The van der Waals surface area contributed by atoms with Gasteiger partial charge in [-0.15, -0.1) is 0 Å². The van der Waals surface area contributed by atoms with E-state index in [9.17, 15) is 4.79 Å². The number of aromatic nitrogens is 4. The molecule has 0 saturated carbocycles. The lowest BCUT2D eigenvalue weighted by molar-refractivity contribution is -0.122. The molecule has 2 aromatic carbocycles. The van der Waals surface area contributed by atoms with Crippen molar-refractivity contribution in [2.45, 2.75) is 38.4 Å². The highest BCUT2D eigenvalue weighted by molar-refractivity contribution is 6.30. The molecule has 11 heteroatoms. The first-order chi connectivity index (χ1) is 19.5. The van der Waals surface area contributed by atoms with E-state index in [1.54, 1.807) is 17.1 Å². The van der Waals surface area contributed by atoms with Crippen LogP contribution in [-0.4, -0.2) is 44.6 Å². The van der Waals surface area contributed by atoms with Crippen molar-refractivity contribution in [1.82, 2.24) is 30.2 Å². The number of nitrogens with one attached hydrogen (secondary N) is 4. The van der Waals surface area contributed by atoms with Gasteiger partial charge in [0, 0.05) is 41.6 Å². The average Bonchev–Trinajstić information content (AvgIpc) is 3.51. The lowest BCUT2D eigenvalue weighted by Gasteiger charge is -2.27. The van der Waals surface area contributed by atoms with Crippen LogP contribution < -0.4 is 21.3 Å². The number of anilines is 2. The number of amides is 1. The van der Waals surface area contributed by atoms with Gasteiger partial charge in [0.25, 0.3) is 0 Å². The number of benzene rings is 2. The monoisotopic (exact) mass is 578 g/mol. The van der Waals surface area contributed by atoms with Gasteiger partial charge >= 0.3 is 0 Å². The molecule has 0 radical (unpaired) electrons. The normalized spacial score (nSPS) is 14.4. The number of piperidine rings is 1. The number of carbonyl (C=O) groups excluding carboxylic acids is 1. The summed E-state index contributed by atoms with van der Waals surface area (Å²) in [5, 5.41) is 14.5. The Morgan fingerprint density at radius 2 is 1.82 bits per heavy atom. The molecule has 3 heterocycles. The van der Waals surface area contributed by atoms with Gasteiger partial charge in [-0.2, -0.15) is 9.97 Å². The third-order valence-electron chi connectivity index (χ3n) is 6.87. The van der Waals surface area contributed by atoms with Crippen molar-refractivity contribution < 1.29 is 4.79 Å². The minimum atomic E-state index is -0.471. The summed E-state index contributed by atoms with van der Waals surface area (Å²) in [5.74, 6) is 1.95. The van der Waals surface area contributed by atoms with Crippen molar-refractivity contribution in [3.05, 3.63) is 94.5 Å². The van der Waals surface area contributed by atoms with Gasteiger partial charge in [0.15, 0.2) is 0 Å². The predicted octanol–water partition coefficient (Wildman–Crippen LogP) is 5.07. The number of nitrogens with zero attached hydrogens (tertiary/aromatic N) is 4. The van der Waals surface area contributed by atoms with Crippen molar-refractivity contribution in [3.8, 4) is 5.82 Å². The van der Waals surface area contributed by atoms with Gasteiger partial charge < -0.3 is 21.3 Å². The van der Waals surface area contributed by atoms with E-state index in [0.717, 1.165) is 37.1 Å². The molecule has 9 nitrogen and oxygen atoms in total. The van der Waals surface area contributed by atoms with Crippen molar-refractivity contribution in [2.75, 3.05) is 23.7 Å². The molecule has 1 fully saturated rings. The molecule has 2 aromatic heterocycles. The number of halogens is 2. The van der Waals surface area contributed by atoms with Crippen molar-refractivity contribution in [1.29, 1.82) is 0 Å². The number of hydrogen-bond donors (Lipinski definition) is 4. The van der Waals surface area contributed by atoms with E-state index in [0.29, 0.717) is 53.1 Å². The van der Waals surface area contributed by atoms with Crippen LogP contribution in [0.2, 0.25) is 10.0 Å². The maximum Gasteiger partial charge on any atom is 0.242 e. The second-order valence-electron chi connectivity index (χ2n) is 9.86. The molecule has 0 spiro atoms. The Labute approximate surface area is 243 Å². The number of rotatable bonds is 11. The summed E-state index contributed by atoms with van der Waals surface area (Å²) in [7, 11) is 0. The van der Waals surface area contributed by atoms with Crippen LogP contribution in [0.15, 0.2) is 73.3 Å². The molecule has 5 rings (SSSR count). The van der Waals surface area contributed by atoms with Gasteiger partial charge in [-0.05, 0) is 73.7 Å². The summed E-state index contributed by atoms with van der Waals surface area (Å²) < 4.78 is 1.81. The highest BCUT2D eigenvalue weighted by Gasteiger charge is 2.25. The minimum Gasteiger partial charge on any atom is -0.358 e. The summed E-state index contributed by atoms with van der Waals surface area (Å²) in [5.41, 5.74) is 1.99. The number of imidazole rings is 1. The Morgan fingerprint density at radius 1 is 1.00 bits per heavy atom. The first kappa shape index (κ1) is 27.9. The highest BCUT2D eigenvalue weighted by atomic mass is 35.5. The predicted molar refractivity (Wildman–Crippen MR) is 159 cm³/mol. The molecule has 4 N–H and O–H groups in total. The zero-order valence-corrected chi connectivity index (χ0v) is 23.5. The number of carbonyl (C=O) groups is 1. The molecule has 1 amide bonds. The maximum absolute atomic E-state index is 13.5. The lowest BCUT2D eigenvalue weighted by atomic mass is 9.90. The summed E-state index contributed by atoms with van der Waals surface area (Å²) >= 11 is 12.2. The Hall–Kier alpha value is -3.66. The molecule has 40 heavy (non-hydrogen) atoms. The van der Waals surface area contributed by atoms with Gasteiger partial charge in [0.05, 0.1) is 0 Å². The molecule has 208 valence electrons. The molecule has 1 saturated heterocycles. The average molecular weight is 580 g/mol. The third-order valence-corrected chi connectivity index (χ3v) is 7.35. The fraction of sp³-hybridized carbons (Fsp3) is 0.310. The Kier molecular flexibility index (Phi) is 9.49. The molecule has 0 bridgehead atoms. The van der Waals surface area contributed by atoms with Crippen LogP contribution in [0.5, 0.6) is 0 Å². The highest BCUT2D eigenvalue weighted by Crippen LogP contribution is 2.22. The quantitative estimate of drug-likeness (QED) is 0.197. The molecule has 0 aliphatic carbocycles. The van der Waals surface area contributed by atoms with E-state index >= 15 is 0 Å². The molecular weight excluding hydrogens is 547 g/mol. The van der Waals surface area contributed by atoms with Gasteiger partial charge in [-0.3, -0.25) is 9.36 Å². The van der Waals surface area contributed by atoms with Crippen LogP contribution in [0, 0.1) is 5.92 Å². The molecule has 0 unspecified atom stereocenters. The summed E-state index contributed by atoms with van der Waals surface area (Å²) in [6.07, 6.45) is 7.94. The van der Waals surface area contributed by atoms with Crippen LogP contribution in [0.4, 0.5) is 11.8 Å². The van der Waals surface area contributed by atoms with E-state index in [1.165, 1.54) is 0 Å². The maximum atomic E-state index is 13.5. The Bertz CT molecular complexity index is 1390. The zero-order valence-electron chi connectivity index (χ0n) is 22.0. The van der Waals surface area contributed by atoms with E-state index in [2.05, 4.69) is 31.2 Å². The zero-order chi connectivity index (χ0) is 27.7. The Balaban J connectivity index is 1.36. The van der Waals surface area contributed by atoms with E-state index in [1.807, 2.05) is 60.8 Å². The Morgan fingerprint density at radius 3 is 2.58 bits per heavy atom. The first-order valence-corrected chi connectivity index (χ1v) is 14.1.